The van der Waals surface area contributed by atoms with E-state index in [1.54, 1.807) is 18.2 Å². The number of hydrogen-bond donors (Lipinski definition) is 0. The summed E-state index contributed by atoms with van der Waals surface area (Å²) in [7, 11) is 1.53. The maximum Gasteiger partial charge on any atom is 0.402 e. The Morgan fingerprint density at radius 1 is 1.47 bits per heavy atom. The van der Waals surface area contributed by atoms with Gasteiger partial charge in [-0.15, -0.1) is 0 Å². The number of benzene rings is 1. The molecule has 0 aliphatic carbocycles. The largest absolute Gasteiger partial charge is 0.493 e. The number of carbonyl (C=O) groups excluding carboxylic acids is 1. The molecule has 1 heterocycles. The predicted molar refractivity (Wildman–Crippen MR) is 51.9 cm³/mol. The Kier molecular flexibility index (Phi) is 2.29. The summed E-state index contributed by atoms with van der Waals surface area (Å²) in [6.45, 7) is 1.28. The number of methoxy groups -OCH3 is 1. The summed E-state index contributed by atoms with van der Waals surface area (Å²) >= 11 is 0. The monoisotopic (exact) mass is 207 g/mol. The van der Waals surface area contributed by atoms with Gasteiger partial charge in [-0.3, -0.25) is 4.79 Å². The first-order valence-corrected chi connectivity index (χ1v) is 4.32. The third-order valence-electron chi connectivity index (χ3n) is 1.81. The van der Waals surface area contributed by atoms with E-state index in [2.05, 4.69) is 4.98 Å². The lowest BCUT2D eigenvalue weighted by molar-refractivity contribution is -0.133. The summed E-state index contributed by atoms with van der Waals surface area (Å²) in [6.07, 6.45) is -0.0676. The Morgan fingerprint density at radius 3 is 2.93 bits per heavy atom. The van der Waals surface area contributed by atoms with Gasteiger partial charge in [0.05, 0.1) is 7.11 Å². The third-order valence-corrected chi connectivity index (χ3v) is 1.81. The van der Waals surface area contributed by atoms with Crippen LogP contribution in [0.3, 0.4) is 0 Å². The van der Waals surface area contributed by atoms with Crippen molar-refractivity contribution in [1.82, 2.24) is 4.98 Å². The lowest BCUT2D eigenvalue weighted by Crippen LogP contribution is -2.00. The van der Waals surface area contributed by atoms with Gasteiger partial charge in [0, 0.05) is 6.92 Å². The van der Waals surface area contributed by atoms with Crippen LogP contribution in [0.5, 0.6) is 11.8 Å². The van der Waals surface area contributed by atoms with Crippen molar-refractivity contribution < 1.29 is 18.7 Å². The number of hydrogen-bond acceptors (Lipinski definition) is 5. The van der Waals surface area contributed by atoms with Crippen LogP contribution in [0.1, 0.15) is 6.92 Å². The Hall–Kier alpha value is -2.04. The van der Waals surface area contributed by atoms with Gasteiger partial charge in [0.25, 0.3) is 0 Å². The number of ether oxygens (including phenoxy) is 2. The molecule has 1 aromatic carbocycles. The van der Waals surface area contributed by atoms with Crippen molar-refractivity contribution in [1.29, 1.82) is 0 Å². The third kappa shape index (κ3) is 1.76. The van der Waals surface area contributed by atoms with Gasteiger partial charge in [-0.25, -0.2) is 0 Å². The zero-order valence-electron chi connectivity index (χ0n) is 8.31. The fourth-order valence-corrected chi connectivity index (χ4v) is 1.23. The number of para-hydroxylation sites is 1. The SMILES string of the molecule is COc1cccc2nc(OC(C)=O)oc12. The molecule has 0 atom stereocenters. The quantitative estimate of drug-likeness (QED) is 0.702. The molecule has 0 aliphatic heterocycles. The van der Waals surface area contributed by atoms with E-state index < -0.39 is 5.97 Å². The minimum Gasteiger partial charge on any atom is -0.493 e. The van der Waals surface area contributed by atoms with E-state index in [4.69, 9.17) is 13.9 Å². The van der Waals surface area contributed by atoms with Crippen molar-refractivity contribution in [3.05, 3.63) is 18.2 Å². The standard InChI is InChI=1S/C10H9NO4/c1-6(12)14-10-11-7-4-3-5-8(13-2)9(7)15-10/h3-5H,1-2H3. The van der Waals surface area contributed by atoms with E-state index in [1.165, 1.54) is 14.0 Å². The van der Waals surface area contributed by atoms with Crippen LogP contribution in [0.2, 0.25) is 0 Å². The van der Waals surface area contributed by atoms with Crippen LogP contribution >= 0.6 is 0 Å². The van der Waals surface area contributed by atoms with E-state index in [0.717, 1.165) is 0 Å². The van der Waals surface area contributed by atoms with Crippen molar-refractivity contribution in [3.8, 4) is 11.8 Å². The summed E-state index contributed by atoms with van der Waals surface area (Å²) < 4.78 is 15.0. The van der Waals surface area contributed by atoms with Crippen LogP contribution in [0.15, 0.2) is 22.6 Å². The second-order valence-electron chi connectivity index (χ2n) is 2.88. The minimum absolute atomic E-state index is 0.0676. The number of oxazole rings is 1. The average Bonchev–Trinajstić information content (AvgIpc) is 2.58. The molecule has 2 rings (SSSR count). The molecule has 0 N–H and O–H groups in total. The molecule has 0 bridgehead atoms. The van der Waals surface area contributed by atoms with Gasteiger partial charge in [0.1, 0.15) is 5.52 Å². The number of esters is 1. The van der Waals surface area contributed by atoms with E-state index in [9.17, 15) is 4.79 Å². The lowest BCUT2D eigenvalue weighted by atomic mass is 10.3. The topological polar surface area (TPSA) is 61.6 Å². The summed E-state index contributed by atoms with van der Waals surface area (Å²) in [4.78, 5) is 14.7. The van der Waals surface area contributed by atoms with Crippen molar-refractivity contribution >= 4 is 17.1 Å². The van der Waals surface area contributed by atoms with E-state index in [0.29, 0.717) is 16.8 Å². The number of carbonyl (C=O) groups is 1. The molecule has 0 radical (unpaired) electrons. The molecule has 0 aliphatic rings. The van der Waals surface area contributed by atoms with Crippen molar-refractivity contribution in [3.63, 3.8) is 0 Å². The normalized spacial score (nSPS) is 10.3. The molecule has 2 aromatic rings. The first-order chi connectivity index (χ1) is 7.20. The van der Waals surface area contributed by atoms with Crippen molar-refractivity contribution in [2.75, 3.05) is 7.11 Å². The highest BCUT2D eigenvalue weighted by molar-refractivity contribution is 5.80. The minimum atomic E-state index is -0.472. The summed E-state index contributed by atoms with van der Waals surface area (Å²) in [5.74, 6) is 0.0823. The molecule has 78 valence electrons. The second kappa shape index (κ2) is 3.61. The van der Waals surface area contributed by atoms with Crippen LogP contribution < -0.4 is 9.47 Å². The zero-order valence-corrected chi connectivity index (χ0v) is 8.31. The molecule has 5 nitrogen and oxygen atoms in total. The number of nitrogens with zero attached hydrogens (tertiary/aromatic N) is 1. The Bertz CT molecular complexity index is 503. The van der Waals surface area contributed by atoms with Gasteiger partial charge in [-0.2, -0.15) is 4.98 Å². The van der Waals surface area contributed by atoms with Gasteiger partial charge in [-0.1, -0.05) is 6.07 Å². The smallest absolute Gasteiger partial charge is 0.402 e. The fourth-order valence-electron chi connectivity index (χ4n) is 1.23. The molecule has 0 unspecified atom stereocenters. The Labute approximate surface area is 85.6 Å². The molecule has 5 heteroatoms. The predicted octanol–water partition coefficient (Wildman–Crippen LogP) is 1.76. The summed E-state index contributed by atoms with van der Waals surface area (Å²) in [5, 5.41) is 0. The van der Waals surface area contributed by atoms with Gasteiger partial charge in [-0.05, 0) is 12.1 Å². The zero-order chi connectivity index (χ0) is 10.8. The fraction of sp³-hybridized carbons (Fsp3) is 0.200. The van der Waals surface area contributed by atoms with Gasteiger partial charge >= 0.3 is 12.0 Å². The van der Waals surface area contributed by atoms with Crippen LogP contribution in [0.4, 0.5) is 0 Å². The van der Waals surface area contributed by atoms with Crippen LogP contribution in [-0.4, -0.2) is 18.1 Å². The molecule has 0 saturated heterocycles. The maximum absolute atomic E-state index is 10.7. The highest BCUT2D eigenvalue weighted by Gasteiger charge is 2.12. The first-order valence-electron chi connectivity index (χ1n) is 4.32. The number of aromatic nitrogens is 1. The highest BCUT2D eigenvalue weighted by Crippen LogP contribution is 2.28. The maximum atomic E-state index is 10.7. The lowest BCUT2D eigenvalue weighted by Gasteiger charge is -1.97. The van der Waals surface area contributed by atoms with E-state index >= 15 is 0 Å². The molecule has 15 heavy (non-hydrogen) atoms. The van der Waals surface area contributed by atoms with Crippen molar-refractivity contribution in [2.24, 2.45) is 0 Å². The van der Waals surface area contributed by atoms with E-state index in [1.807, 2.05) is 0 Å². The second-order valence-corrected chi connectivity index (χ2v) is 2.88. The van der Waals surface area contributed by atoms with Crippen molar-refractivity contribution in [2.45, 2.75) is 6.92 Å². The van der Waals surface area contributed by atoms with Crippen LogP contribution in [0, 0.1) is 0 Å². The van der Waals surface area contributed by atoms with Gasteiger partial charge < -0.3 is 13.9 Å². The Balaban J connectivity index is 2.50. The van der Waals surface area contributed by atoms with E-state index in [-0.39, 0.29) is 6.08 Å². The molecule has 0 fully saturated rings. The van der Waals surface area contributed by atoms with Crippen LogP contribution in [-0.2, 0) is 4.79 Å². The number of fused-ring (bicyclic) bond motifs is 1. The van der Waals surface area contributed by atoms with Gasteiger partial charge in [0.15, 0.2) is 11.3 Å². The molecule has 1 aromatic heterocycles. The highest BCUT2D eigenvalue weighted by atomic mass is 16.6. The summed E-state index contributed by atoms with van der Waals surface area (Å²) in [5.41, 5.74) is 1.06. The molecular formula is C10H9NO4. The number of rotatable bonds is 2. The Morgan fingerprint density at radius 2 is 2.27 bits per heavy atom. The average molecular weight is 207 g/mol. The first kappa shape index (κ1) is 9.51. The van der Waals surface area contributed by atoms with Gasteiger partial charge in [0.2, 0.25) is 0 Å². The molecule has 0 amide bonds. The molecule has 0 saturated carbocycles. The summed E-state index contributed by atoms with van der Waals surface area (Å²) in [6, 6.07) is 5.26. The molecular weight excluding hydrogens is 198 g/mol. The van der Waals surface area contributed by atoms with Crippen LogP contribution in [0.25, 0.3) is 11.1 Å². The molecule has 0 spiro atoms.